The second-order valence-corrected chi connectivity index (χ2v) is 7.61. The Morgan fingerprint density at radius 1 is 1.24 bits per heavy atom. The van der Waals surface area contributed by atoms with Crippen LogP contribution in [0.15, 0.2) is 23.1 Å². The van der Waals surface area contributed by atoms with E-state index in [1.54, 1.807) is 18.2 Å². The summed E-state index contributed by atoms with van der Waals surface area (Å²) < 4.78 is 27.6. The monoisotopic (exact) mass is 330 g/mol. The molecule has 0 saturated heterocycles. The van der Waals surface area contributed by atoms with Crippen LogP contribution in [0.2, 0.25) is 5.02 Å². The van der Waals surface area contributed by atoms with Gasteiger partial charge in [-0.2, -0.15) is 0 Å². The average molecular weight is 331 g/mol. The molecule has 1 aromatic rings. The Balaban J connectivity index is 2.10. The molecule has 21 heavy (non-hydrogen) atoms. The van der Waals surface area contributed by atoms with Gasteiger partial charge in [0.15, 0.2) is 0 Å². The molecule has 1 aliphatic carbocycles. The molecule has 0 spiro atoms. The van der Waals surface area contributed by atoms with E-state index in [0.717, 1.165) is 37.8 Å². The van der Waals surface area contributed by atoms with Gasteiger partial charge in [0.05, 0.1) is 4.90 Å². The van der Waals surface area contributed by atoms with Crippen LogP contribution in [0.1, 0.15) is 44.6 Å². The number of hydrogen-bond donors (Lipinski definition) is 2. The van der Waals surface area contributed by atoms with Crippen molar-refractivity contribution in [3.8, 4) is 0 Å². The third kappa shape index (κ3) is 4.68. The molecule has 2 rings (SSSR count). The SMILES string of the molecule is CCNCc1ccc(S(=O)(=O)NC2CCCCC2)cc1Cl. The van der Waals surface area contributed by atoms with Crippen LogP contribution in [-0.2, 0) is 16.6 Å². The maximum absolute atomic E-state index is 12.4. The van der Waals surface area contributed by atoms with E-state index < -0.39 is 10.0 Å². The summed E-state index contributed by atoms with van der Waals surface area (Å²) in [4.78, 5) is 0.248. The molecule has 0 aromatic heterocycles. The molecular weight excluding hydrogens is 308 g/mol. The largest absolute Gasteiger partial charge is 0.313 e. The smallest absolute Gasteiger partial charge is 0.240 e. The van der Waals surface area contributed by atoms with E-state index in [4.69, 9.17) is 11.6 Å². The lowest BCUT2D eigenvalue weighted by Crippen LogP contribution is -2.36. The van der Waals surface area contributed by atoms with E-state index in [9.17, 15) is 8.42 Å². The summed E-state index contributed by atoms with van der Waals surface area (Å²) in [6.45, 7) is 3.51. The summed E-state index contributed by atoms with van der Waals surface area (Å²) in [5.74, 6) is 0. The van der Waals surface area contributed by atoms with Gasteiger partial charge in [-0.25, -0.2) is 13.1 Å². The van der Waals surface area contributed by atoms with Crippen molar-refractivity contribution in [1.29, 1.82) is 0 Å². The summed E-state index contributed by atoms with van der Waals surface area (Å²) in [6.07, 6.45) is 5.23. The predicted octanol–water partition coefficient (Wildman–Crippen LogP) is 3.06. The quantitative estimate of drug-likeness (QED) is 0.842. The number of nitrogens with one attached hydrogen (secondary N) is 2. The van der Waals surface area contributed by atoms with Crippen molar-refractivity contribution in [1.82, 2.24) is 10.0 Å². The van der Waals surface area contributed by atoms with Crippen molar-refractivity contribution in [3.63, 3.8) is 0 Å². The first-order valence-corrected chi connectivity index (χ1v) is 9.40. The highest BCUT2D eigenvalue weighted by molar-refractivity contribution is 7.89. The molecule has 0 heterocycles. The number of sulfonamides is 1. The lowest BCUT2D eigenvalue weighted by Gasteiger charge is -2.22. The van der Waals surface area contributed by atoms with Crippen LogP contribution >= 0.6 is 11.6 Å². The van der Waals surface area contributed by atoms with Crippen LogP contribution in [0.4, 0.5) is 0 Å². The highest BCUT2D eigenvalue weighted by Gasteiger charge is 2.22. The van der Waals surface area contributed by atoms with Gasteiger partial charge in [0, 0.05) is 17.6 Å². The number of hydrogen-bond acceptors (Lipinski definition) is 3. The summed E-state index contributed by atoms with van der Waals surface area (Å²) in [7, 11) is -3.47. The highest BCUT2D eigenvalue weighted by atomic mass is 35.5. The van der Waals surface area contributed by atoms with Gasteiger partial charge >= 0.3 is 0 Å². The molecule has 1 aromatic carbocycles. The molecule has 0 atom stereocenters. The molecule has 0 unspecified atom stereocenters. The van der Waals surface area contributed by atoms with Crippen molar-refractivity contribution in [2.75, 3.05) is 6.54 Å². The van der Waals surface area contributed by atoms with Gasteiger partial charge in [-0.05, 0) is 37.1 Å². The van der Waals surface area contributed by atoms with Crippen molar-refractivity contribution < 1.29 is 8.42 Å². The standard InChI is InChI=1S/C15H23ClN2O2S/c1-2-17-11-12-8-9-14(10-15(12)16)21(19,20)18-13-6-4-3-5-7-13/h8-10,13,17-18H,2-7,11H2,1H3. The molecule has 0 aliphatic heterocycles. The zero-order chi connectivity index (χ0) is 15.3. The van der Waals surface area contributed by atoms with Crippen LogP contribution in [0.3, 0.4) is 0 Å². The molecule has 0 bridgehead atoms. The van der Waals surface area contributed by atoms with Crippen LogP contribution in [0, 0.1) is 0 Å². The van der Waals surface area contributed by atoms with Gasteiger partial charge in [-0.15, -0.1) is 0 Å². The summed E-state index contributed by atoms with van der Waals surface area (Å²) in [6, 6.07) is 5.01. The Hall–Kier alpha value is -0.620. The van der Waals surface area contributed by atoms with E-state index in [1.807, 2.05) is 6.92 Å². The number of halogens is 1. The number of benzene rings is 1. The Kier molecular flexibility index (Phi) is 6.05. The number of rotatable bonds is 6. The predicted molar refractivity (Wildman–Crippen MR) is 86.0 cm³/mol. The van der Waals surface area contributed by atoms with Gasteiger partial charge in [-0.3, -0.25) is 0 Å². The van der Waals surface area contributed by atoms with Crippen LogP contribution in [-0.4, -0.2) is 21.0 Å². The Bertz CT molecular complexity index is 569. The fourth-order valence-electron chi connectivity index (χ4n) is 2.61. The Labute approximate surface area is 132 Å². The molecule has 1 aliphatic rings. The van der Waals surface area contributed by atoms with Gasteiger partial charge in [0.1, 0.15) is 0 Å². The lowest BCUT2D eigenvalue weighted by atomic mass is 9.96. The second-order valence-electron chi connectivity index (χ2n) is 5.49. The van der Waals surface area contributed by atoms with E-state index in [2.05, 4.69) is 10.0 Å². The summed E-state index contributed by atoms with van der Waals surface area (Å²) in [5, 5.41) is 3.67. The van der Waals surface area contributed by atoms with E-state index in [1.165, 1.54) is 6.42 Å². The highest BCUT2D eigenvalue weighted by Crippen LogP contribution is 2.23. The molecule has 0 radical (unpaired) electrons. The fraction of sp³-hybridized carbons (Fsp3) is 0.600. The minimum Gasteiger partial charge on any atom is -0.313 e. The Morgan fingerprint density at radius 3 is 2.57 bits per heavy atom. The minimum absolute atomic E-state index is 0.0592. The van der Waals surface area contributed by atoms with Gasteiger partial charge in [-0.1, -0.05) is 43.9 Å². The maximum Gasteiger partial charge on any atom is 0.240 e. The summed E-state index contributed by atoms with van der Waals surface area (Å²) in [5.41, 5.74) is 0.912. The zero-order valence-corrected chi connectivity index (χ0v) is 13.9. The fourth-order valence-corrected chi connectivity index (χ4v) is 4.25. The minimum atomic E-state index is -3.47. The molecule has 4 nitrogen and oxygen atoms in total. The molecular formula is C15H23ClN2O2S. The third-order valence-corrected chi connectivity index (χ3v) is 5.70. The molecule has 118 valence electrons. The average Bonchev–Trinajstić information content (AvgIpc) is 2.46. The normalized spacial score (nSPS) is 17.0. The molecule has 2 N–H and O–H groups in total. The molecule has 0 amide bonds. The Morgan fingerprint density at radius 2 is 1.95 bits per heavy atom. The van der Waals surface area contributed by atoms with Gasteiger partial charge in [0.2, 0.25) is 10.0 Å². The summed E-state index contributed by atoms with van der Waals surface area (Å²) >= 11 is 6.18. The van der Waals surface area contributed by atoms with Gasteiger partial charge < -0.3 is 5.32 Å². The van der Waals surface area contributed by atoms with E-state index >= 15 is 0 Å². The van der Waals surface area contributed by atoms with Crippen molar-refractivity contribution >= 4 is 21.6 Å². The van der Waals surface area contributed by atoms with E-state index in [-0.39, 0.29) is 10.9 Å². The topological polar surface area (TPSA) is 58.2 Å². The zero-order valence-electron chi connectivity index (χ0n) is 12.4. The first-order chi connectivity index (χ1) is 10.0. The van der Waals surface area contributed by atoms with Crippen LogP contribution in [0.5, 0.6) is 0 Å². The van der Waals surface area contributed by atoms with Crippen LogP contribution < -0.4 is 10.0 Å². The van der Waals surface area contributed by atoms with Crippen molar-refractivity contribution in [3.05, 3.63) is 28.8 Å². The lowest BCUT2D eigenvalue weighted by molar-refractivity contribution is 0.412. The van der Waals surface area contributed by atoms with Gasteiger partial charge in [0.25, 0.3) is 0 Å². The van der Waals surface area contributed by atoms with E-state index in [0.29, 0.717) is 11.6 Å². The first kappa shape index (κ1) is 16.7. The second kappa shape index (κ2) is 7.58. The van der Waals surface area contributed by atoms with Crippen molar-refractivity contribution in [2.45, 2.75) is 56.5 Å². The first-order valence-electron chi connectivity index (χ1n) is 7.54. The molecule has 1 fully saturated rings. The molecule has 6 heteroatoms. The molecule has 1 saturated carbocycles. The van der Waals surface area contributed by atoms with Crippen LogP contribution in [0.25, 0.3) is 0 Å². The maximum atomic E-state index is 12.4. The third-order valence-electron chi connectivity index (χ3n) is 3.83. The van der Waals surface area contributed by atoms with Crippen molar-refractivity contribution in [2.24, 2.45) is 0 Å².